The predicted octanol–water partition coefficient (Wildman–Crippen LogP) is 3.28. The molecule has 2 N–H and O–H groups in total. The van der Waals surface area contributed by atoms with E-state index in [4.69, 9.17) is 16.4 Å². The summed E-state index contributed by atoms with van der Waals surface area (Å²) in [6.45, 7) is 1.74. The molecule has 1 aliphatic heterocycles. The first-order chi connectivity index (χ1) is 12.9. The number of carbonyl (C=O) groups is 2. The van der Waals surface area contributed by atoms with Gasteiger partial charge in [0, 0.05) is 18.5 Å². The summed E-state index contributed by atoms with van der Waals surface area (Å²) in [5.41, 5.74) is 2.50. The Kier molecular flexibility index (Phi) is 5.41. The molecule has 3 rings (SSSR count). The Morgan fingerprint density at radius 1 is 1.26 bits per heavy atom. The number of hydrogen-bond donors (Lipinski definition) is 2. The second-order valence-electron chi connectivity index (χ2n) is 6.06. The average Bonchev–Trinajstić information content (AvgIpc) is 3.13. The fraction of sp³-hybridized carbons (Fsp3) is 0.211. The van der Waals surface area contributed by atoms with Gasteiger partial charge in [-0.2, -0.15) is 0 Å². The van der Waals surface area contributed by atoms with Gasteiger partial charge in [0.1, 0.15) is 5.82 Å². The summed E-state index contributed by atoms with van der Waals surface area (Å²) in [4.78, 5) is 29.9. The quantitative estimate of drug-likeness (QED) is 0.842. The highest BCUT2D eigenvalue weighted by Crippen LogP contribution is 2.27. The third-order valence-electron chi connectivity index (χ3n) is 4.16. The number of anilines is 1. The van der Waals surface area contributed by atoms with Crippen LogP contribution in [-0.2, 0) is 9.63 Å². The minimum atomic E-state index is -0.849. The van der Waals surface area contributed by atoms with Crippen LogP contribution in [0, 0.1) is 12.7 Å². The van der Waals surface area contributed by atoms with Crippen molar-refractivity contribution in [3.8, 4) is 0 Å². The van der Waals surface area contributed by atoms with E-state index in [-0.39, 0.29) is 23.7 Å². The lowest BCUT2D eigenvalue weighted by atomic mass is 10.0. The van der Waals surface area contributed by atoms with E-state index < -0.39 is 12.0 Å². The van der Waals surface area contributed by atoms with Gasteiger partial charge >= 0.3 is 0 Å². The zero-order valence-corrected chi connectivity index (χ0v) is 15.4. The largest absolute Gasteiger partial charge is 0.382 e. The lowest BCUT2D eigenvalue weighted by Gasteiger charge is -2.15. The maximum Gasteiger partial charge on any atom is 0.268 e. The molecule has 1 aliphatic rings. The van der Waals surface area contributed by atoms with E-state index in [9.17, 15) is 14.0 Å². The van der Waals surface area contributed by atoms with Crippen molar-refractivity contribution in [1.82, 2.24) is 5.32 Å². The third kappa shape index (κ3) is 4.09. The molecule has 1 unspecified atom stereocenters. The molecule has 2 aromatic carbocycles. The molecule has 0 aliphatic carbocycles. The van der Waals surface area contributed by atoms with Gasteiger partial charge in [-0.1, -0.05) is 28.9 Å². The van der Waals surface area contributed by atoms with Crippen molar-refractivity contribution >= 4 is 34.8 Å². The number of rotatable bonds is 4. The molecule has 0 fully saturated rings. The summed E-state index contributed by atoms with van der Waals surface area (Å²) in [6.07, 6.45) is -0.614. The Labute approximate surface area is 160 Å². The molecule has 6 nitrogen and oxygen atoms in total. The molecule has 2 amide bonds. The summed E-state index contributed by atoms with van der Waals surface area (Å²) >= 11 is 6.02. The maximum absolute atomic E-state index is 13.0. The SMILES string of the molecule is CNC(=O)c1cc(Cl)cc(C)c1NC(=O)C1CC(c2ccc(F)cc2)=NO1. The normalized spacial score (nSPS) is 15.7. The number of aryl methyl sites for hydroxylation is 1. The minimum absolute atomic E-state index is 0.236. The number of amides is 2. The Balaban J connectivity index is 1.76. The zero-order valence-electron chi connectivity index (χ0n) is 14.7. The van der Waals surface area contributed by atoms with Gasteiger partial charge in [-0.15, -0.1) is 0 Å². The van der Waals surface area contributed by atoms with E-state index in [1.54, 1.807) is 25.1 Å². The van der Waals surface area contributed by atoms with Crippen molar-refractivity contribution in [2.24, 2.45) is 5.16 Å². The van der Waals surface area contributed by atoms with Crippen LogP contribution in [0.3, 0.4) is 0 Å². The van der Waals surface area contributed by atoms with Gasteiger partial charge < -0.3 is 15.5 Å². The van der Waals surface area contributed by atoms with E-state index in [0.717, 1.165) is 0 Å². The van der Waals surface area contributed by atoms with Gasteiger partial charge in [-0.05, 0) is 42.3 Å². The molecule has 8 heteroatoms. The van der Waals surface area contributed by atoms with Crippen molar-refractivity contribution in [2.45, 2.75) is 19.4 Å². The molecule has 0 saturated heterocycles. The van der Waals surface area contributed by atoms with Gasteiger partial charge in [0.2, 0.25) is 6.10 Å². The number of hydrogen-bond acceptors (Lipinski definition) is 4. The lowest BCUT2D eigenvalue weighted by molar-refractivity contribution is -0.125. The van der Waals surface area contributed by atoms with Gasteiger partial charge in [-0.3, -0.25) is 9.59 Å². The van der Waals surface area contributed by atoms with Crippen molar-refractivity contribution in [3.63, 3.8) is 0 Å². The molecule has 140 valence electrons. The summed E-state index contributed by atoms with van der Waals surface area (Å²) in [6, 6.07) is 8.92. The van der Waals surface area contributed by atoms with Crippen LogP contribution in [0.25, 0.3) is 0 Å². The number of benzene rings is 2. The van der Waals surface area contributed by atoms with Crippen LogP contribution in [0.4, 0.5) is 10.1 Å². The monoisotopic (exact) mass is 389 g/mol. The molecule has 0 spiro atoms. The van der Waals surface area contributed by atoms with Crippen LogP contribution in [0.2, 0.25) is 5.02 Å². The molecule has 1 atom stereocenters. The van der Waals surface area contributed by atoms with Crippen LogP contribution in [0.5, 0.6) is 0 Å². The molecular weight excluding hydrogens is 373 g/mol. The van der Waals surface area contributed by atoms with E-state index in [1.165, 1.54) is 25.2 Å². The molecule has 1 heterocycles. The lowest BCUT2D eigenvalue weighted by Crippen LogP contribution is -2.30. The first kappa shape index (κ1) is 18.8. The Bertz CT molecular complexity index is 929. The number of nitrogens with zero attached hydrogens (tertiary/aromatic N) is 1. The van der Waals surface area contributed by atoms with E-state index in [1.807, 2.05) is 0 Å². The number of nitrogens with one attached hydrogen (secondary N) is 2. The van der Waals surface area contributed by atoms with Crippen LogP contribution in [0.15, 0.2) is 41.6 Å². The van der Waals surface area contributed by atoms with Gasteiger partial charge in [-0.25, -0.2) is 4.39 Å². The highest BCUT2D eigenvalue weighted by atomic mass is 35.5. The smallest absolute Gasteiger partial charge is 0.268 e. The first-order valence-electron chi connectivity index (χ1n) is 8.20. The standard InChI is InChI=1S/C19H17ClFN3O3/c1-10-7-12(20)8-14(18(25)22-2)17(10)23-19(26)16-9-15(24-27-16)11-3-5-13(21)6-4-11/h3-8,16H,9H2,1-2H3,(H,22,25)(H,23,26). The summed E-state index contributed by atoms with van der Waals surface area (Å²) in [5.74, 6) is -1.16. The topological polar surface area (TPSA) is 79.8 Å². The second-order valence-corrected chi connectivity index (χ2v) is 6.49. The molecular formula is C19H17ClFN3O3. The van der Waals surface area contributed by atoms with Crippen LogP contribution < -0.4 is 10.6 Å². The van der Waals surface area contributed by atoms with Crippen molar-refractivity contribution in [3.05, 3.63) is 63.9 Å². The van der Waals surface area contributed by atoms with Crippen molar-refractivity contribution in [1.29, 1.82) is 0 Å². The Morgan fingerprint density at radius 3 is 2.63 bits per heavy atom. The van der Waals surface area contributed by atoms with Gasteiger partial charge in [0.15, 0.2) is 0 Å². The van der Waals surface area contributed by atoms with E-state index in [0.29, 0.717) is 27.5 Å². The molecule has 0 saturated carbocycles. The fourth-order valence-corrected chi connectivity index (χ4v) is 3.03. The minimum Gasteiger partial charge on any atom is -0.382 e. The van der Waals surface area contributed by atoms with E-state index >= 15 is 0 Å². The highest BCUT2D eigenvalue weighted by molar-refractivity contribution is 6.31. The first-order valence-corrected chi connectivity index (χ1v) is 8.58. The van der Waals surface area contributed by atoms with Crippen molar-refractivity contribution in [2.75, 3.05) is 12.4 Å². The van der Waals surface area contributed by atoms with Crippen LogP contribution in [0.1, 0.15) is 27.9 Å². The number of halogens is 2. The van der Waals surface area contributed by atoms with Crippen molar-refractivity contribution < 1.29 is 18.8 Å². The maximum atomic E-state index is 13.0. The molecule has 0 radical (unpaired) electrons. The highest BCUT2D eigenvalue weighted by Gasteiger charge is 2.30. The van der Waals surface area contributed by atoms with Gasteiger partial charge in [0.25, 0.3) is 11.8 Å². The van der Waals surface area contributed by atoms with Crippen LogP contribution >= 0.6 is 11.6 Å². The number of carbonyl (C=O) groups excluding carboxylic acids is 2. The predicted molar refractivity (Wildman–Crippen MR) is 101 cm³/mol. The van der Waals surface area contributed by atoms with Gasteiger partial charge in [0.05, 0.1) is 17.0 Å². The Hall–Kier alpha value is -2.93. The third-order valence-corrected chi connectivity index (χ3v) is 4.38. The number of oxime groups is 1. The fourth-order valence-electron chi connectivity index (χ4n) is 2.76. The van der Waals surface area contributed by atoms with E-state index in [2.05, 4.69) is 15.8 Å². The van der Waals surface area contributed by atoms with Crippen LogP contribution in [-0.4, -0.2) is 30.7 Å². The molecule has 0 bridgehead atoms. The second kappa shape index (κ2) is 7.75. The summed E-state index contributed by atoms with van der Waals surface area (Å²) in [5, 5.41) is 9.56. The zero-order chi connectivity index (χ0) is 19.6. The molecule has 2 aromatic rings. The summed E-state index contributed by atoms with van der Waals surface area (Å²) in [7, 11) is 1.49. The Morgan fingerprint density at radius 2 is 1.96 bits per heavy atom. The molecule has 0 aromatic heterocycles. The molecule has 27 heavy (non-hydrogen) atoms. The average molecular weight is 390 g/mol. The summed E-state index contributed by atoms with van der Waals surface area (Å²) < 4.78 is 13.0.